The number of carbonyl (C=O) groups excluding carboxylic acids is 1. The highest BCUT2D eigenvalue weighted by atomic mass is 32.3. The molecule has 9 nitrogen and oxygen atoms in total. The molecule has 12 heteroatoms. The van der Waals surface area contributed by atoms with Gasteiger partial charge in [0.05, 0.1) is 29.6 Å². The number of halogens is 2. The number of hydrogen-bond acceptors (Lipinski definition) is 6. The van der Waals surface area contributed by atoms with Crippen LogP contribution in [0.25, 0.3) is 0 Å². The van der Waals surface area contributed by atoms with Crippen LogP contribution in [0.4, 0.5) is 19.3 Å². The van der Waals surface area contributed by atoms with E-state index in [9.17, 15) is 22.3 Å². The molecule has 2 aromatic rings. The second-order valence-electron chi connectivity index (χ2n) is 9.56. The Labute approximate surface area is 220 Å². The number of nitrogens with zero attached hydrogens (tertiary/aromatic N) is 3. The van der Waals surface area contributed by atoms with Crippen LogP contribution in [0.3, 0.4) is 0 Å². The summed E-state index contributed by atoms with van der Waals surface area (Å²) >= 11 is 0. The molecule has 1 atom stereocenters. The van der Waals surface area contributed by atoms with Gasteiger partial charge in [-0.05, 0) is 49.4 Å². The van der Waals surface area contributed by atoms with Crippen LogP contribution in [0.2, 0.25) is 0 Å². The minimum Gasteiger partial charge on any atom is -0.379 e. The summed E-state index contributed by atoms with van der Waals surface area (Å²) in [5.74, 6) is -1.72. The molecular formula is C26H33F2N5O4S. The number of anilines is 1. The molecule has 38 heavy (non-hydrogen) atoms. The third-order valence-electron chi connectivity index (χ3n) is 6.41. The predicted molar refractivity (Wildman–Crippen MR) is 144 cm³/mol. The topological polar surface area (TPSA) is 106 Å². The molecule has 3 N–H and O–H groups in total. The summed E-state index contributed by atoms with van der Waals surface area (Å²) in [5.41, 5.74) is 1.65. The van der Waals surface area contributed by atoms with Crippen molar-refractivity contribution in [3.05, 3.63) is 71.4 Å². The molecule has 2 amide bonds. The van der Waals surface area contributed by atoms with Crippen molar-refractivity contribution in [2.75, 3.05) is 57.2 Å². The molecule has 1 saturated heterocycles. The summed E-state index contributed by atoms with van der Waals surface area (Å²) in [7, 11) is -2.83. The summed E-state index contributed by atoms with van der Waals surface area (Å²) < 4.78 is 58.4. The monoisotopic (exact) mass is 549 g/mol. The molecule has 0 bridgehead atoms. The van der Waals surface area contributed by atoms with Crippen molar-refractivity contribution in [1.82, 2.24) is 15.1 Å². The molecule has 2 aliphatic heterocycles. The van der Waals surface area contributed by atoms with Crippen LogP contribution in [0.15, 0.2) is 64.1 Å². The zero-order chi connectivity index (χ0) is 27.5. The molecular weight excluding hydrogens is 516 g/mol. The predicted octanol–water partition coefficient (Wildman–Crippen LogP) is 3.32. The standard InChI is InChI=1S/C26H33F2N5O4S/c1-4-29-26(34)31-21-7-5-18(6-8-21)25-30-22(16-24(32(25)2)33-9-11-37-12-10-33)17-38(3,35,36)23-14-19(27)13-20(28)15-23/h5-8,13-16,24H,4,9-12,17H2,1-3H3,(H,35,36)(H2,29,31,34). The lowest BCUT2D eigenvalue weighted by atomic mass is 10.1. The van der Waals surface area contributed by atoms with Gasteiger partial charge in [-0.3, -0.25) is 9.45 Å². The number of amides is 2. The third-order valence-corrected chi connectivity index (χ3v) is 8.83. The van der Waals surface area contributed by atoms with Crippen molar-refractivity contribution in [1.29, 1.82) is 0 Å². The Kier molecular flexibility index (Phi) is 7.98. The summed E-state index contributed by atoms with van der Waals surface area (Å²) in [6.45, 7) is 4.73. The van der Waals surface area contributed by atoms with E-state index in [0.29, 0.717) is 56.1 Å². The quantitative estimate of drug-likeness (QED) is 0.489. The number of benzene rings is 2. The fourth-order valence-electron chi connectivity index (χ4n) is 4.50. The lowest BCUT2D eigenvalue weighted by molar-refractivity contribution is 0.00375. The van der Waals surface area contributed by atoms with Gasteiger partial charge >= 0.3 is 6.03 Å². The van der Waals surface area contributed by atoms with Gasteiger partial charge in [-0.15, -0.1) is 0 Å². The number of likely N-dealkylation sites (N-methyl/N-ethyl adjacent to an activating group) is 1. The second kappa shape index (κ2) is 10.9. The molecule has 0 saturated carbocycles. The molecule has 1 unspecified atom stereocenters. The van der Waals surface area contributed by atoms with E-state index in [0.717, 1.165) is 24.0 Å². The number of aliphatic imine (C=N–C) groups is 1. The zero-order valence-electron chi connectivity index (χ0n) is 21.6. The smallest absolute Gasteiger partial charge is 0.319 e. The van der Waals surface area contributed by atoms with Crippen LogP contribution < -0.4 is 10.6 Å². The first kappa shape index (κ1) is 27.8. The average Bonchev–Trinajstić information content (AvgIpc) is 2.85. The van der Waals surface area contributed by atoms with Crippen molar-refractivity contribution in [3.8, 4) is 0 Å². The summed E-state index contributed by atoms with van der Waals surface area (Å²) in [4.78, 5) is 20.4. The van der Waals surface area contributed by atoms with Crippen molar-refractivity contribution < 1.29 is 27.1 Å². The Morgan fingerprint density at radius 2 is 1.79 bits per heavy atom. The molecule has 0 aliphatic carbocycles. The van der Waals surface area contributed by atoms with Crippen LogP contribution in [-0.2, 0) is 14.1 Å². The largest absolute Gasteiger partial charge is 0.379 e. The van der Waals surface area contributed by atoms with Crippen molar-refractivity contribution in [3.63, 3.8) is 0 Å². The SMILES string of the molecule is CCNC(=O)Nc1ccc(C2=NC(CS(C)(=O)(O)c3cc(F)cc(F)c3)=CC(N3CCOCC3)N2C)cc1. The third kappa shape index (κ3) is 6.44. The van der Waals surface area contributed by atoms with E-state index in [1.807, 2.05) is 24.9 Å². The van der Waals surface area contributed by atoms with Gasteiger partial charge in [0, 0.05) is 50.3 Å². The van der Waals surface area contributed by atoms with Crippen LogP contribution >= 0.6 is 0 Å². The number of carbonyl (C=O) groups is 1. The molecule has 2 aliphatic rings. The molecule has 1 fully saturated rings. The van der Waals surface area contributed by atoms with Gasteiger partial charge in [-0.2, -0.15) is 9.35 Å². The van der Waals surface area contributed by atoms with E-state index < -0.39 is 26.7 Å². The van der Waals surface area contributed by atoms with E-state index in [1.54, 1.807) is 24.3 Å². The van der Waals surface area contributed by atoms with Gasteiger partial charge in [-0.1, -0.05) is 0 Å². The Hall–Kier alpha value is -3.19. The molecule has 0 radical (unpaired) electrons. The number of morpholine rings is 1. The fraction of sp³-hybridized carbons (Fsp3) is 0.385. The van der Waals surface area contributed by atoms with Gasteiger partial charge in [0.1, 0.15) is 23.6 Å². The average molecular weight is 550 g/mol. The molecule has 4 rings (SSSR count). The molecule has 206 valence electrons. The Bertz CT molecular complexity index is 1300. The molecule has 0 spiro atoms. The van der Waals surface area contributed by atoms with Crippen molar-refractivity contribution in [2.45, 2.75) is 18.0 Å². The van der Waals surface area contributed by atoms with Crippen molar-refractivity contribution >= 4 is 26.9 Å². The summed E-state index contributed by atoms with van der Waals surface area (Å²) in [6, 6.07) is 9.22. The van der Waals surface area contributed by atoms with Gasteiger partial charge in [0.25, 0.3) is 0 Å². The first-order valence-corrected chi connectivity index (χ1v) is 14.8. The van der Waals surface area contributed by atoms with E-state index in [2.05, 4.69) is 15.5 Å². The van der Waals surface area contributed by atoms with Gasteiger partial charge in [-0.25, -0.2) is 22.8 Å². The van der Waals surface area contributed by atoms with E-state index in [4.69, 9.17) is 9.73 Å². The minimum atomic E-state index is -4.71. The maximum Gasteiger partial charge on any atom is 0.319 e. The first-order valence-electron chi connectivity index (χ1n) is 12.3. The van der Waals surface area contributed by atoms with Gasteiger partial charge in [0.15, 0.2) is 0 Å². The fourth-order valence-corrected chi connectivity index (χ4v) is 6.36. The lowest BCUT2D eigenvalue weighted by Crippen LogP contribution is -2.53. The maximum absolute atomic E-state index is 13.9. The number of rotatable bonds is 7. The van der Waals surface area contributed by atoms with Crippen LogP contribution in [0.1, 0.15) is 12.5 Å². The number of urea groups is 1. The number of ether oxygens (including phenoxy) is 1. The zero-order valence-corrected chi connectivity index (χ0v) is 22.4. The Morgan fingerprint density at radius 1 is 1.16 bits per heavy atom. The highest BCUT2D eigenvalue weighted by Gasteiger charge is 2.33. The maximum atomic E-state index is 13.9. The van der Waals surface area contributed by atoms with Crippen LogP contribution in [0.5, 0.6) is 0 Å². The Morgan fingerprint density at radius 3 is 2.39 bits per heavy atom. The number of amidine groups is 1. The highest BCUT2D eigenvalue weighted by Crippen LogP contribution is 2.34. The van der Waals surface area contributed by atoms with E-state index in [1.165, 1.54) is 0 Å². The van der Waals surface area contributed by atoms with Crippen LogP contribution in [0, 0.1) is 11.6 Å². The summed E-state index contributed by atoms with van der Waals surface area (Å²) in [5, 5.41) is 5.42. The van der Waals surface area contributed by atoms with Crippen LogP contribution in [-0.4, -0.2) is 88.5 Å². The Balaban J connectivity index is 1.69. The molecule has 2 aromatic carbocycles. The van der Waals surface area contributed by atoms with Gasteiger partial charge in [0.2, 0.25) is 0 Å². The molecule has 2 heterocycles. The number of hydrogen-bond donors (Lipinski definition) is 3. The molecule has 0 aromatic heterocycles. The van der Waals surface area contributed by atoms with Gasteiger partial charge < -0.3 is 20.3 Å². The normalized spacial score (nSPS) is 19.7. The highest BCUT2D eigenvalue weighted by molar-refractivity contribution is 8.14. The van der Waals surface area contributed by atoms with E-state index in [-0.39, 0.29) is 17.1 Å². The van der Waals surface area contributed by atoms with Crippen molar-refractivity contribution in [2.24, 2.45) is 4.99 Å². The number of nitrogens with one attached hydrogen (secondary N) is 2. The minimum absolute atomic E-state index is 0.290. The first-order chi connectivity index (χ1) is 17.9. The van der Waals surface area contributed by atoms with E-state index >= 15 is 0 Å². The lowest BCUT2D eigenvalue weighted by Gasteiger charge is -2.44. The second-order valence-corrected chi connectivity index (χ2v) is 13.3. The summed E-state index contributed by atoms with van der Waals surface area (Å²) in [6.07, 6.45) is 2.62.